The van der Waals surface area contributed by atoms with Gasteiger partial charge in [-0.1, -0.05) is 17.7 Å². The highest BCUT2D eigenvalue weighted by molar-refractivity contribution is 6.29. The second-order valence-corrected chi connectivity index (χ2v) is 3.52. The summed E-state index contributed by atoms with van der Waals surface area (Å²) in [5, 5.41) is 9.45. The minimum atomic E-state index is -0.260. The summed E-state index contributed by atoms with van der Waals surface area (Å²) in [4.78, 5) is 15.5. The Kier molecular flexibility index (Phi) is 3.16. The third-order valence-electron chi connectivity index (χ3n) is 1.96. The zero-order valence-corrected chi connectivity index (χ0v) is 9.03. The predicted octanol–water partition coefficient (Wildman–Crippen LogP) is 1.39. The Morgan fingerprint density at radius 3 is 3.06 bits per heavy atom. The summed E-state index contributed by atoms with van der Waals surface area (Å²) in [6.45, 7) is 0.406. The number of hydrogen-bond acceptors (Lipinski definition) is 3. The number of halogens is 1. The Bertz CT molecular complexity index is 483. The number of carbonyl (C=O) groups is 1. The Balaban J connectivity index is 1.98. The number of pyridine rings is 1. The van der Waals surface area contributed by atoms with Gasteiger partial charge >= 0.3 is 0 Å². The monoisotopic (exact) mass is 236 g/mol. The first kappa shape index (κ1) is 10.6. The number of aromatic nitrogens is 3. The van der Waals surface area contributed by atoms with E-state index in [-0.39, 0.29) is 5.91 Å². The van der Waals surface area contributed by atoms with Gasteiger partial charge in [0.15, 0.2) is 0 Å². The van der Waals surface area contributed by atoms with Crippen molar-refractivity contribution in [1.29, 1.82) is 0 Å². The summed E-state index contributed by atoms with van der Waals surface area (Å²) in [7, 11) is 0. The summed E-state index contributed by atoms with van der Waals surface area (Å²) < 4.78 is 0. The number of nitrogens with one attached hydrogen (secondary N) is 2. The normalized spacial score (nSPS) is 10.1. The molecular formula is C10H9ClN4O. The van der Waals surface area contributed by atoms with Crippen LogP contribution in [0, 0.1) is 0 Å². The van der Waals surface area contributed by atoms with E-state index >= 15 is 0 Å². The van der Waals surface area contributed by atoms with Crippen LogP contribution in [0.5, 0.6) is 0 Å². The summed E-state index contributed by atoms with van der Waals surface area (Å²) in [5.41, 5.74) is 1.20. The van der Waals surface area contributed by atoms with Crippen molar-refractivity contribution < 1.29 is 4.79 Å². The van der Waals surface area contributed by atoms with Crippen LogP contribution in [0.15, 0.2) is 30.6 Å². The molecule has 2 aromatic rings. The number of H-pyrrole nitrogens is 1. The topological polar surface area (TPSA) is 70.7 Å². The lowest BCUT2D eigenvalue weighted by molar-refractivity contribution is 0.0946. The molecule has 0 aliphatic rings. The SMILES string of the molecule is O=C(NCc1cn[nH]c1)c1cccc(Cl)n1. The van der Waals surface area contributed by atoms with Crippen molar-refractivity contribution in [2.24, 2.45) is 0 Å². The van der Waals surface area contributed by atoms with Crippen LogP contribution < -0.4 is 5.32 Å². The van der Waals surface area contributed by atoms with Crippen molar-refractivity contribution in [3.63, 3.8) is 0 Å². The maximum absolute atomic E-state index is 11.6. The van der Waals surface area contributed by atoms with Crippen LogP contribution in [0.2, 0.25) is 5.15 Å². The van der Waals surface area contributed by atoms with Crippen LogP contribution in [-0.4, -0.2) is 21.1 Å². The highest BCUT2D eigenvalue weighted by Gasteiger charge is 2.07. The molecule has 0 fully saturated rings. The molecule has 2 N–H and O–H groups in total. The number of rotatable bonds is 3. The van der Waals surface area contributed by atoms with E-state index < -0.39 is 0 Å². The molecule has 0 aliphatic heterocycles. The lowest BCUT2D eigenvalue weighted by Gasteiger charge is -2.02. The zero-order valence-electron chi connectivity index (χ0n) is 8.27. The molecule has 5 nitrogen and oxygen atoms in total. The lowest BCUT2D eigenvalue weighted by atomic mass is 10.3. The Hall–Kier alpha value is -1.88. The molecule has 0 saturated heterocycles. The van der Waals surface area contributed by atoms with Gasteiger partial charge in [0.25, 0.3) is 5.91 Å². The summed E-state index contributed by atoms with van der Waals surface area (Å²) in [5.74, 6) is -0.260. The lowest BCUT2D eigenvalue weighted by Crippen LogP contribution is -2.23. The van der Waals surface area contributed by atoms with Gasteiger partial charge in [0, 0.05) is 18.3 Å². The maximum Gasteiger partial charge on any atom is 0.270 e. The molecule has 0 atom stereocenters. The van der Waals surface area contributed by atoms with Crippen molar-refractivity contribution in [3.8, 4) is 0 Å². The second kappa shape index (κ2) is 4.76. The fraction of sp³-hybridized carbons (Fsp3) is 0.100. The number of hydrogen-bond donors (Lipinski definition) is 2. The van der Waals surface area contributed by atoms with Crippen molar-refractivity contribution in [3.05, 3.63) is 47.0 Å². The standard InChI is InChI=1S/C10H9ClN4O/c11-9-3-1-2-8(15-9)10(16)12-4-7-5-13-14-6-7/h1-3,5-6H,4H2,(H,12,16)(H,13,14). The maximum atomic E-state index is 11.6. The summed E-state index contributed by atoms with van der Waals surface area (Å²) in [6.07, 6.45) is 3.36. The molecule has 0 aromatic carbocycles. The van der Waals surface area contributed by atoms with Gasteiger partial charge in [0.2, 0.25) is 0 Å². The van der Waals surface area contributed by atoms with Crippen LogP contribution >= 0.6 is 11.6 Å². The highest BCUT2D eigenvalue weighted by atomic mass is 35.5. The molecule has 0 unspecified atom stereocenters. The fourth-order valence-electron chi connectivity index (χ4n) is 1.18. The Labute approximate surface area is 96.8 Å². The van der Waals surface area contributed by atoms with Crippen molar-refractivity contribution in [2.75, 3.05) is 0 Å². The number of nitrogens with zero attached hydrogens (tertiary/aromatic N) is 2. The molecule has 2 rings (SSSR count). The molecule has 82 valence electrons. The molecule has 2 aromatic heterocycles. The van der Waals surface area contributed by atoms with E-state index in [1.807, 2.05) is 0 Å². The molecule has 0 spiro atoms. The van der Waals surface area contributed by atoms with E-state index in [0.717, 1.165) is 5.56 Å². The van der Waals surface area contributed by atoms with Crippen LogP contribution in [0.3, 0.4) is 0 Å². The highest BCUT2D eigenvalue weighted by Crippen LogP contribution is 2.05. The molecule has 6 heteroatoms. The Morgan fingerprint density at radius 1 is 1.50 bits per heavy atom. The van der Waals surface area contributed by atoms with Gasteiger partial charge in [0.1, 0.15) is 10.8 Å². The minimum Gasteiger partial charge on any atom is -0.347 e. The predicted molar refractivity (Wildman–Crippen MR) is 59.0 cm³/mol. The molecule has 0 radical (unpaired) electrons. The van der Waals surface area contributed by atoms with Crippen molar-refractivity contribution >= 4 is 17.5 Å². The van der Waals surface area contributed by atoms with Gasteiger partial charge in [0.05, 0.1) is 6.20 Å². The number of amides is 1. The van der Waals surface area contributed by atoms with Crippen LogP contribution in [-0.2, 0) is 6.54 Å². The largest absolute Gasteiger partial charge is 0.347 e. The van der Waals surface area contributed by atoms with Crippen LogP contribution in [0.1, 0.15) is 16.1 Å². The fourth-order valence-corrected chi connectivity index (χ4v) is 1.35. The first-order chi connectivity index (χ1) is 7.75. The van der Waals surface area contributed by atoms with E-state index in [1.165, 1.54) is 0 Å². The second-order valence-electron chi connectivity index (χ2n) is 3.13. The van der Waals surface area contributed by atoms with Gasteiger partial charge in [-0.05, 0) is 12.1 Å². The molecule has 1 amide bonds. The van der Waals surface area contributed by atoms with E-state index in [1.54, 1.807) is 30.6 Å². The molecular weight excluding hydrogens is 228 g/mol. The summed E-state index contributed by atoms with van der Waals surface area (Å²) >= 11 is 5.68. The average molecular weight is 237 g/mol. The molecule has 0 aliphatic carbocycles. The first-order valence-electron chi connectivity index (χ1n) is 4.64. The molecule has 2 heterocycles. The van der Waals surface area contributed by atoms with Gasteiger partial charge in [-0.15, -0.1) is 0 Å². The van der Waals surface area contributed by atoms with Gasteiger partial charge in [-0.2, -0.15) is 5.10 Å². The number of carbonyl (C=O) groups excluding carboxylic acids is 1. The quantitative estimate of drug-likeness (QED) is 0.791. The third-order valence-corrected chi connectivity index (χ3v) is 2.17. The van der Waals surface area contributed by atoms with Crippen LogP contribution in [0.4, 0.5) is 0 Å². The van der Waals surface area contributed by atoms with Gasteiger partial charge in [-0.3, -0.25) is 9.89 Å². The van der Waals surface area contributed by atoms with Crippen LogP contribution in [0.25, 0.3) is 0 Å². The molecule has 0 bridgehead atoms. The van der Waals surface area contributed by atoms with Crippen molar-refractivity contribution in [1.82, 2.24) is 20.5 Å². The third kappa shape index (κ3) is 2.58. The van der Waals surface area contributed by atoms with Crippen molar-refractivity contribution in [2.45, 2.75) is 6.54 Å². The van der Waals surface area contributed by atoms with Gasteiger partial charge < -0.3 is 5.32 Å². The number of aromatic amines is 1. The van der Waals surface area contributed by atoms with Gasteiger partial charge in [-0.25, -0.2) is 4.98 Å². The molecule has 16 heavy (non-hydrogen) atoms. The first-order valence-corrected chi connectivity index (χ1v) is 5.02. The van der Waals surface area contributed by atoms with E-state index in [9.17, 15) is 4.79 Å². The smallest absolute Gasteiger partial charge is 0.270 e. The van der Waals surface area contributed by atoms with E-state index in [4.69, 9.17) is 11.6 Å². The minimum absolute atomic E-state index is 0.260. The summed E-state index contributed by atoms with van der Waals surface area (Å²) in [6, 6.07) is 4.91. The zero-order chi connectivity index (χ0) is 11.4. The molecule has 0 saturated carbocycles. The average Bonchev–Trinajstić information content (AvgIpc) is 2.78. The van der Waals surface area contributed by atoms with E-state index in [2.05, 4.69) is 20.5 Å². The Morgan fingerprint density at radius 2 is 2.38 bits per heavy atom. The van der Waals surface area contributed by atoms with E-state index in [0.29, 0.717) is 17.4 Å².